The van der Waals surface area contributed by atoms with Gasteiger partial charge in [-0.3, -0.25) is 4.90 Å². The Hall–Kier alpha value is -1.76. The third kappa shape index (κ3) is 4.11. The molecule has 7 heteroatoms. The summed E-state index contributed by atoms with van der Waals surface area (Å²) in [7, 11) is -0.851. The molecule has 0 fully saturated rings. The van der Waals surface area contributed by atoms with Gasteiger partial charge in [-0.1, -0.05) is 32.9 Å². The van der Waals surface area contributed by atoms with Crippen molar-refractivity contribution in [2.24, 2.45) is 0 Å². The van der Waals surface area contributed by atoms with E-state index in [1.165, 1.54) is 7.11 Å². The van der Waals surface area contributed by atoms with Crippen molar-refractivity contribution in [3.05, 3.63) is 23.5 Å². The van der Waals surface area contributed by atoms with Crippen molar-refractivity contribution >= 4 is 20.4 Å². The van der Waals surface area contributed by atoms with Crippen LogP contribution in [-0.2, 0) is 18.7 Å². The normalized spacial score (nSPS) is 27.2. The second kappa shape index (κ2) is 6.89. The molecule has 0 aliphatic carbocycles. The van der Waals surface area contributed by atoms with E-state index in [1.807, 2.05) is 46.8 Å². The average Bonchev–Trinajstić information content (AvgIpc) is 2.69. The Morgan fingerprint density at radius 2 is 1.62 bits per heavy atom. The molecule has 0 saturated heterocycles. The van der Waals surface area contributed by atoms with Gasteiger partial charge in [0.05, 0.1) is 23.9 Å². The molecule has 2 heterocycles. The zero-order valence-corrected chi connectivity index (χ0v) is 20.9. The molecule has 2 aliphatic heterocycles. The summed E-state index contributed by atoms with van der Waals surface area (Å²) in [4.78, 5) is 27.7. The number of carbonyl (C=O) groups is 2. The van der Waals surface area contributed by atoms with Crippen LogP contribution < -0.4 is 0 Å². The monoisotopic (exact) mass is 423 g/mol. The van der Waals surface area contributed by atoms with E-state index in [0.29, 0.717) is 17.8 Å². The number of fused-ring (bicyclic) bond motifs is 2. The Kier molecular flexibility index (Phi) is 5.59. The first-order chi connectivity index (χ1) is 12.9. The minimum atomic E-state index is -2.21. The van der Waals surface area contributed by atoms with E-state index >= 15 is 0 Å². The van der Waals surface area contributed by atoms with Crippen LogP contribution in [0.4, 0.5) is 4.79 Å². The Labute approximate surface area is 176 Å². The molecule has 2 aliphatic rings. The molecule has 164 valence electrons. The first kappa shape index (κ1) is 23.5. The number of amides is 1. The van der Waals surface area contributed by atoms with Gasteiger partial charge in [-0.2, -0.15) is 0 Å². The highest BCUT2D eigenvalue weighted by atomic mass is 28.4. The van der Waals surface area contributed by atoms with Crippen molar-refractivity contribution in [3.8, 4) is 0 Å². The molecule has 2 bridgehead atoms. The molecule has 6 nitrogen and oxygen atoms in total. The minimum Gasteiger partial charge on any atom is -0.546 e. The molecule has 0 aromatic rings. The van der Waals surface area contributed by atoms with Crippen molar-refractivity contribution in [1.82, 2.24) is 4.90 Å². The maximum atomic E-state index is 13.1. The van der Waals surface area contributed by atoms with E-state index in [4.69, 9.17) is 13.9 Å². The van der Waals surface area contributed by atoms with Gasteiger partial charge in [0.2, 0.25) is 8.32 Å². The average molecular weight is 424 g/mol. The zero-order chi connectivity index (χ0) is 22.6. The van der Waals surface area contributed by atoms with E-state index in [0.717, 1.165) is 0 Å². The number of hydrogen-bond acceptors (Lipinski definition) is 5. The molecule has 2 atom stereocenters. The van der Waals surface area contributed by atoms with Crippen LogP contribution in [-0.4, -0.2) is 49.1 Å². The van der Waals surface area contributed by atoms with Crippen molar-refractivity contribution in [2.45, 2.75) is 96.6 Å². The van der Waals surface area contributed by atoms with Gasteiger partial charge in [0.1, 0.15) is 11.2 Å². The molecule has 0 saturated carbocycles. The van der Waals surface area contributed by atoms with Gasteiger partial charge in [-0.25, -0.2) is 9.59 Å². The predicted octanol–water partition coefficient (Wildman–Crippen LogP) is 5.16. The fourth-order valence-corrected chi connectivity index (χ4v) is 4.82. The van der Waals surface area contributed by atoms with Crippen LogP contribution in [0.15, 0.2) is 23.5 Å². The highest BCUT2D eigenvalue weighted by molar-refractivity contribution is 6.74. The number of ether oxygens (including phenoxy) is 2. The first-order valence-corrected chi connectivity index (χ1v) is 13.0. The highest BCUT2D eigenvalue weighted by Gasteiger charge is 2.59. The highest BCUT2D eigenvalue weighted by Crippen LogP contribution is 2.51. The summed E-state index contributed by atoms with van der Waals surface area (Å²) < 4.78 is 17.4. The molecule has 2 rings (SSSR count). The van der Waals surface area contributed by atoms with Crippen LogP contribution in [0, 0.1) is 0 Å². The molecule has 0 aromatic heterocycles. The van der Waals surface area contributed by atoms with Crippen molar-refractivity contribution in [1.29, 1.82) is 0 Å². The van der Waals surface area contributed by atoms with Gasteiger partial charge >= 0.3 is 12.1 Å². The third-order valence-corrected chi connectivity index (χ3v) is 10.6. The summed E-state index contributed by atoms with van der Waals surface area (Å²) in [5.41, 5.74) is -1.91. The maximum Gasteiger partial charge on any atom is 0.411 e. The molecule has 1 amide bonds. The minimum absolute atomic E-state index is 0.0299. The second-order valence-corrected chi connectivity index (χ2v) is 15.7. The number of carbonyl (C=O) groups excluding carboxylic acids is 2. The lowest BCUT2D eigenvalue weighted by molar-refractivity contribution is -0.138. The molecule has 0 N–H and O–H groups in total. The van der Waals surface area contributed by atoms with Gasteiger partial charge in [0.15, 0.2) is 0 Å². The summed E-state index contributed by atoms with van der Waals surface area (Å²) >= 11 is 0. The predicted molar refractivity (Wildman–Crippen MR) is 116 cm³/mol. The Balaban J connectivity index is 2.62. The number of nitrogens with zero attached hydrogens (tertiary/aromatic N) is 1. The lowest BCUT2D eigenvalue weighted by Gasteiger charge is -2.50. The summed E-state index contributed by atoms with van der Waals surface area (Å²) in [5, 5.41) is -0.0299. The van der Waals surface area contributed by atoms with Gasteiger partial charge in [0, 0.05) is 6.42 Å². The van der Waals surface area contributed by atoms with Crippen LogP contribution in [0.25, 0.3) is 0 Å². The summed E-state index contributed by atoms with van der Waals surface area (Å²) in [5.74, 6) is 0.140. The fourth-order valence-electron chi connectivity index (χ4n) is 3.73. The number of esters is 1. The number of hydrogen-bond donors (Lipinski definition) is 0. The van der Waals surface area contributed by atoms with Crippen molar-refractivity contribution in [3.63, 3.8) is 0 Å². The molecule has 0 spiro atoms. The Bertz CT molecular complexity index is 771. The molecular formula is C22H37NO5Si. The fraction of sp³-hybridized carbons (Fsp3) is 0.727. The largest absolute Gasteiger partial charge is 0.546 e. The smallest absolute Gasteiger partial charge is 0.411 e. The van der Waals surface area contributed by atoms with E-state index in [2.05, 4.69) is 33.9 Å². The Morgan fingerprint density at radius 3 is 2.07 bits per heavy atom. The molecular weight excluding hydrogens is 386 g/mol. The number of rotatable bonds is 3. The van der Waals surface area contributed by atoms with E-state index in [1.54, 1.807) is 4.90 Å². The Morgan fingerprint density at radius 1 is 1.07 bits per heavy atom. The van der Waals surface area contributed by atoms with Crippen LogP contribution in [0.3, 0.4) is 0 Å². The maximum absolute atomic E-state index is 13.1. The van der Waals surface area contributed by atoms with Gasteiger partial charge in [0.25, 0.3) is 0 Å². The van der Waals surface area contributed by atoms with Crippen LogP contribution in [0.2, 0.25) is 18.1 Å². The lowest BCUT2D eigenvalue weighted by atomic mass is 9.82. The molecule has 0 aromatic carbocycles. The van der Waals surface area contributed by atoms with E-state index < -0.39 is 37.1 Å². The van der Waals surface area contributed by atoms with Gasteiger partial charge in [-0.05, 0) is 52.8 Å². The zero-order valence-electron chi connectivity index (χ0n) is 19.9. The summed E-state index contributed by atoms with van der Waals surface area (Å²) in [6.45, 7) is 20.1. The van der Waals surface area contributed by atoms with Gasteiger partial charge < -0.3 is 13.9 Å². The van der Waals surface area contributed by atoms with Gasteiger partial charge in [-0.15, -0.1) is 0 Å². The van der Waals surface area contributed by atoms with Crippen molar-refractivity contribution in [2.75, 3.05) is 7.11 Å². The molecule has 2 unspecified atom stereocenters. The van der Waals surface area contributed by atoms with Crippen LogP contribution >= 0.6 is 0 Å². The van der Waals surface area contributed by atoms with E-state index in [9.17, 15) is 9.59 Å². The summed E-state index contributed by atoms with van der Waals surface area (Å²) in [6, 6.07) is 0. The topological polar surface area (TPSA) is 65.1 Å². The van der Waals surface area contributed by atoms with Crippen LogP contribution in [0.5, 0.6) is 0 Å². The molecule has 29 heavy (non-hydrogen) atoms. The lowest BCUT2D eigenvalue weighted by Crippen LogP contribution is -2.61. The summed E-state index contributed by atoms with van der Waals surface area (Å²) in [6.07, 6.45) is 3.81. The quantitative estimate of drug-likeness (QED) is 0.356. The third-order valence-electron chi connectivity index (χ3n) is 6.20. The standard InChI is InChI=1S/C22H37NO5Si/c1-19(2,3)27-18(25)23-21(7)12-13-22(23,8)16(17(24)26-9)15(14-21)28-29(10,11)20(4,5)6/h12-13H,14H2,1-11H3. The SMILES string of the molecule is COC(=O)C1=C(O[Si](C)(C)C(C)(C)C)CC2(C)C=CC1(C)N2C(=O)OC(C)(C)C. The molecule has 0 radical (unpaired) electrons. The van der Waals surface area contributed by atoms with E-state index in [-0.39, 0.29) is 5.04 Å². The first-order valence-electron chi connectivity index (χ1n) is 10.1. The van der Waals surface area contributed by atoms with Crippen molar-refractivity contribution < 1.29 is 23.5 Å². The van der Waals surface area contributed by atoms with Crippen LogP contribution in [0.1, 0.15) is 61.8 Å². The number of methoxy groups -OCH3 is 1. The second-order valence-electron chi connectivity index (χ2n) is 11.0.